The molecular formula is C6H14N2O3S. The predicted octanol–water partition coefficient (Wildman–Crippen LogP) is -0.0523. The van der Waals surface area contributed by atoms with Crippen molar-refractivity contribution in [2.24, 2.45) is 10.9 Å². The highest BCUT2D eigenvalue weighted by molar-refractivity contribution is 7.91. The van der Waals surface area contributed by atoms with Crippen molar-refractivity contribution in [3.63, 3.8) is 0 Å². The first-order valence-electron chi connectivity index (χ1n) is 3.68. The maximum atomic E-state index is 10.9. The molecule has 0 atom stereocenters. The van der Waals surface area contributed by atoms with Crippen LogP contribution in [0, 0.1) is 0 Å². The predicted molar refractivity (Wildman–Crippen MR) is 47.0 cm³/mol. The highest BCUT2D eigenvalue weighted by Gasteiger charge is 2.06. The Balaban J connectivity index is 3.72. The fraction of sp³-hybridized carbons (Fsp3) is 0.833. The third-order valence-electron chi connectivity index (χ3n) is 1.46. The molecule has 0 saturated heterocycles. The van der Waals surface area contributed by atoms with Crippen LogP contribution in [0.15, 0.2) is 5.16 Å². The van der Waals surface area contributed by atoms with E-state index in [4.69, 9.17) is 10.9 Å². The monoisotopic (exact) mass is 194 g/mol. The third-order valence-corrected chi connectivity index (χ3v) is 3.25. The van der Waals surface area contributed by atoms with Gasteiger partial charge in [-0.25, -0.2) is 8.42 Å². The van der Waals surface area contributed by atoms with E-state index in [1.807, 2.05) is 0 Å². The summed E-state index contributed by atoms with van der Waals surface area (Å²) in [5.41, 5.74) is 5.15. The van der Waals surface area contributed by atoms with Gasteiger partial charge >= 0.3 is 0 Å². The molecule has 0 bridgehead atoms. The first kappa shape index (κ1) is 11.2. The minimum Gasteiger partial charge on any atom is -0.409 e. The summed E-state index contributed by atoms with van der Waals surface area (Å²) in [6, 6.07) is 0. The molecule has 12 heavy (non-hydrogen) atoms. The maximum Gasteiger partial charge on any atom is 0.150 e. The lowest BCUT2D eigenvalue weighted by molar-refractivity contribution is 0.317. The van der Waals surface area contributed by atoms with Crippen molar-refractivity contribution in [1.29, 1.82) is 0 Å². The van der Waals surface area contributed by atoms with Gasteiger partial charge in [-0.05, 0) is 6.42 Å². The van der Waals surface area contributed by atoms with Gasteiger partial charge in [-0.2, -0.15) is 0 Å². The van der Waals surface area contributed by atoms with Crippen LogP contribution >= 0.6 is 0 Å². The first-order valence-corrected chi connectivity index (χ1v) is 5.50. The Bertz CT molecular complexity index is 246. The number of hydrogen-bond acceptors (Lipinski definition) is 4. The summed E-state index contributed by atoms with van der Waals surface area (Å²) >= 11 is 0. The Morgan fingerprint density at radius 3 is 2.58 bits per heavy atom. The number of nitrogens with zero attached hydrogens (tertiary/aromatic N) is 1. The largest absolute Gasteiger partial charge is 0.409 e. The molecule has 0 aromatic heterocycles. The summed E-state index contributed by atoms with van der Waals surface area (Å²) in [5, 5.41) is 10.9. The molecule has 0 saturated carbocycles. The number of nitrogens with two attached hydrogens (primary N) is 1. The van der Waals surface area contributed by atoms with Crippen molar-refractivity contribution in [1.82, 2.24) is 0 Å². The number of oxime groups is 1. The fourth-order valence-corrected chi connectivity index (χ4v) is 1.54. The molecule has 0 aliphatic carbocycles. The van der Waals surface area contributed by atoms with Gasteiger partial charge in [0.2, 0.25) is 0 Å². The zero-order valence-electron chi connectivity index (χ0n) is 7.02. The Hall–Kier alpha value is -0.780. The minimum atomic E-state index is -2.92. The molecule has 72 valence electrons. The zero-order valence-corrected chi connectivity index (χ0v) is 7.84. The Morgan fingerprint density at radius 1 is 1.58 bits per heavy atom. The highest BCUT2D eigenvalue weighted by Crippen LogP contribution is 1.96. The van der Waals surface area contributed by atoms with Gasteiger partial charge in [-0.1, -0.05) is 12.1 Å². The van der Waals surface area contributed by atoms with Crippen molar-refractivity contribution in [2.75, 3.05) is 11.5 Å². The van der Waals surface area contributed by atoms with Gasteiger partial charge in [0.05, 0.1) is 5.75 Å². The molecule has 0 unspecified atom stereocenters. The maximum absolute atomic E-state index is 10.9. The minimum absolute atomic E-state index is 0.0707. The molecule has 3 N–H and O–H groups in total. The summed E-state index contributed by atoms with van der Waals surface area (Å²) in [5.74, 6) is 0.310. The molecule has 6 heteroatoms. The number of amidine groups is 1. The van der Waals surface area contributed by atoms with Gasteiger partial charge in [0.25, 0.3) is 0 Å². The molecule has 5 nitrogen and oxygen atoms in total. The number of sulfone groups is 1. The van der Waals surface area contributed by atoms with Crippen molar-refractivity contribution in [3.05, 3.63) is 0 Å². The van der Waals surface area contributed by atoms with Gasteiger partial charge in [0.15, 0.2) is 0 Å². The molecule has 0 heterocycles. The van der Waals surface area contributed by atoms with Gasteiger partial charge in [0, 0.05) is 12.2 Å². The van der Waals surface area contributed by atoms with E-state index in [2.05, 4.69) is 5.16 Å². The second-order valence-corrected chi connectivity index (χ2v) is 4.90. The van der Waals surface area contributed by atoms with Crippen molar-refractivity contribution >= 4 is 15.7 Å². The summed E-state index contributed by atoms with van der Waals surface area (Å²) < 4.78 is 21.9. The molecule has 0 aromatic carbocycles. The van der Waals surface area contributed by atoms with Crippen molar-refractivity contribution < 1.29 is 13.6 Å². The topological polar surface area (TPSA) is 92.8 Å². The lowest BCUT2D eigenvalue weighted by atomic mass is 10.3. The van der Waals surface area contributed by atoms with E-state index in [1.54, 1.807) is 6.92 Å². The van der Waals surface area contributed by atoms with Crippen molar-refractivity contribution in [3.8, 4) is 0 Å². The number of hydrogen-bond donors (Lipinski definition) is 2. The average Bonchev–Trinajstić information content (AvgIpc) is 2.04. The van der Waals surface area contributed by atoms with Crippen molar-refractivity contribution in [2.45, 2.75) is 19.8 Å². The summed E-state index contributed by atoms with van der Waals surface area (Å²) in [6.45, 7) is 1.60. The molecule has 0 spiro atoms. The van der Waals surface area contributed by atoms with E-state index in [1.165, 1.54) is 0 Å². The van der Waals surface area contributed by atoms with Crippen LogP contribution < -0.4 is 5.73 Å². The molecule has 0 aliphatic heterocycles. The fourth-order valence-electron chi connectivity index (χ4n) is 0.668. The summed E-state index contributed by atoms with van der Waals surface area (Å²) in [6.07, 6.45) is 0.724. The summed E-state index contributed by atoms with van der Waals surface area (Å²) in [4.78, 5) is 0. The lowest BCUT2D eigenvalue weighted by Crippen LogP contribution is -2.15. The molecule has 0 aliphatic rings. The second-order valence-electron chi connectivity index (χ2n) is 2.43. The normalized spacial score (nSPS) is 13.2. The lowest BCUT2D eigenvalue weighted by Gasteiger charge is -1.99. The standard InChI is InChI=1S/C6H14N2O3S/c1-2-12(10,11)5-3-4-6(7)8-9/h9H,2-5H2,1H3,(H2,7,8). The van der Waals surface area contributed by atoms with Gasteiger partial charge < -0.3 is 10.9 Å². The third kappa shape index (κ3) is 4.95. The van der Waals surface area contributed by atoms with Crippen LogP contribution in [0.3, 0.4) is 0 Å². The smallest absolute Gasteiger partial charge is 0.150 e. The number of rotatable bonds is 5. The quantitative estimate of drug-likeness (QED) is 0.278. The van der Waals surface area contributed by atoms with Gasteiger partial charge in [0.1, 0.15) is 15.7 Å². The summed E-state index contributed by atoms with van der Waals surface area (Å²) in [7, 11) is -2.92. The van der Waals surface area contributed by atoms with E-state index >= 15 is 0 Å². The molecule has 0 aromatic rings. The second kappa shape index (κ2) is 4.97. The van der Waals surface area contributed by atoms with E-state index in [-0.39, 0.29) is 17.3 Å². The SMILES string of the molecule is CCS(=O)(=O)CCCC(N)=NO. The van der Waals surface area contributed by atoms with Crippen LogP contribution in [0.1, 0.15) is 19.8 Å². The van der Waals surface area contributed by atoms with Crippen LogP contribution in [-0.2, 0) is 9.84 Å². The van der Waals surface area contributed by atoms with Gasteiger partial charge in [-0.15, -0.1) is 0 Å². The van der Waals surface area contributed by atoms with E-state index < -0.39 is 9.84 Å². The average molecular weight is 194 g/mol. The van der Waals surface area contributed by atoms with Gasteiger partial charge in [-0.3, -0.25) is 0 Å². The van der Waals surface area contributed by atoms with E-state index in [9.17, 15) is 8.42 Å². The van der Waals surface area contributed by atoms with Crippen LogP contribution in [0.4, 0.5) is 0 Å². The molecule has 0 rings (SSSR count). The van der Waals surface area contributed by atoms with E-state index in [0.29, 0.717) is 12.8 Å². The Morgan fingerprint density at radius 2 is 2.17 bits per heavy atom. The Labute approximate surface area is 72.2 Å². The molecule has 0 amide bonds. The molecular weight excluding hydrogens is 180 g/mol. The Kier molecular flexibility index (Phi) is 4.65. The molecule has 0 radical (unpaired) electrons. The zero-order chi connectivity index (χ0) is 9.61. The van der Waals surface area contributed by atoms with Crippen LogP contribution in [0.2, 0.25) is 0 Å². The highest BCUT2D eigenvalue weighted by atomic mass is 32.2. The first-order chi connectivity index (χ1) is 5.52. The van der Waals surface area contributed by atoms with Crippen LogP contribution in [0.5, 0.6) is 0 Å². The van der Waals surface area contributed by atoms with E-state index in [0.717, 1.165) is 0 Å². The van der Waals surface area contributed by atoms with Crippen LogP contribution in [-0.4, -0.2) is 31.0 Å². The molecule has 0 fully saturated rings. The van der Waals surface area contributed by atoms with Crippen LogP contribution in [0.25, 0.3) is 0 Å².